The summed E-state index contributed by atoms with van der Waals surface area (Å²) in [6, 6.07) is 7.27. The summed E-state index contributed by atoms with van der Waals surface area (Å²) >= 11 is 0. The van der Waals surface area contributed by atoms with Gasteiger partial charge < -0.3 is 30.1 Å². The highest BCUT2D eigenvalue weighted by Gasteiger charge is 2.46. The van der Waals surface area contributed by atoms with Crippen LogP contribution >= 0.6 is 0 Å². The van der Waals surface area contributed by atoms with Crippen LogP contribution in [0.2, 0.25) is 0 Å². The van der Waals surface area contributed by atoms with Crippen molar-refractivity contribution < 1.29 is 29.7 Å². The number of fused-ring (bicyclic) bond motifs is 4. The summed E-state index contributed by atoms with van der Waals surface area (Å²) in [5, 5.41) is 44.7. The van der Waals surface area contributed by atoms with Crippen molar-refractivity contribution in [2.75, 3.05) is 0 Å². The van der Waals surface area contributed by atoms with Crippen LogP contribution in [0.15, 0.2) is 36.7 Å². The molecule has 1 aliphatic heterocycles. The summed E-state index contributed by atoms with van der Waals surface area (Å²) in [5.41, 5.74) is 4.10. The number of nitrogens with zero attached hydrogens (tertiary/aromatic N) is 1. The van der Waals surface area contributed by atoms with E-state index in [1.54, 1.807) is 23.6 Å². The quantitative estimate of drug-likeness (QED) is 0.309. The number of aromatic amines is 1. The molecule has 7 heteroatoms. The monoisotopic (exact) mass is 409 g/mol. The van der Waals surface area contributed by atoms with Crippen molar-refractivity contribution in [3.63, 3.8) is 0 Å². The number of rotatable bonds is 1. The molecule has 0 bridgehead atoms. The van der Waals surface area contributed by atoms with Crippen molar-refractivity contribution in [2.45, 2.75) is 51.4 Å². The van der Waals surface area contributed by atoms with Gasteiger partial charge in [0.1, 0.15) is 18.0 Å². The Balaban J connectivity index is 1.74. The maximum Gasteiger partial charge on any atom is 0.291 e. The molecule has 3 heterocycles. The molecule has 4 aromatic rings. The summed E-state index contributed by atoms with van der Waals surface area (Å²) in [6.07, 6.45) is -1.38. The van der Waals surface area contributed by atoms with E-state index in [9.17, 15) is 20.4 Å². The number of nitrogens with one attached hydrogen (secondary N) is 1. The Morgan fingerprint density at radius 3 is 2.47 bits per heavy atom. The van der Waals surface area contributed by atoms with Gasteiger partial charge in [-0.2, -0.15) is 4.57 Å². The highest BCUT2D eigenvalue weighted by molar-refractivity contribution is 6.16. The SMILES string of the molecule is Cc1c2cc[n+]([C@H]3O[C@@H](C)[C@H](O)[C@@H](O)[C@H]3O)cc2c(C)c2c1[nH]c1ccc(O)cc12. The third-order valence-corrected chi connectivity index (χ3v) is 6.44. The average Bonchev–Trinajstić information content (AvgIpc) is 3.12. The number of phenolic OH excluding ortho intramolecular Hbond substituents is 1. The summed E-state index contributed by atoms with van der Waals surface area (Å²) in [7, 11) is 0. The van der Waals surface area contributed by atoms with Crippen molar-refractivity contribution in [1.29, 1.82) is 0 Å². The largest absolute Gasteiger partial charge is 0.508 e. The van der Waals surface area contributed by atoms with Gasteiger partial charge >= 0.3 is 0 Å². The number of aryl methyl sites for hydroxylation is 2. The smallest absolute Gasteiger partial charge is 0.291 e. The molecule has 156 valence electrons. The van der Waals surface area contributed by atoms with Crippen molar-refractivity contribution in [3.05, 3.63) is 47.8 Å². The Kier molecular flexibility index (Phi) is 4.27. The van der Waals surface area contributed by atoms with E-state index >= 15 is 0 Å². The van der Waals surface area contributed by atoms with Gasteiger partial charge in [-0.25, -0.2) is 0 Å². The van der Waals surface area contributed by atoms with Crippen LogP contribution in [0.3, 0.4) is 0 Å². The first-order chi connectivity index (χ1) is 14.3. The fourth-order valence-electron chi connectivity index (χ4n) is 4.69. The van der Waals surface area contributed by atoms with E-state index in [4.69, 9.17) is 4.74 Å². The molecule has 0 spiro atoms. The lowest BCUT2D eigenvalue weighted by Gasteiger charge is -2.36. The molecule has 5 atom stereocenters. The van der Waals surface area contributed by atoms with E-state index in [1.807, 2.05) is 31.5 Å². The summed E-state index contributed by atoms with van der Waals surface area (Å²) < 4.78 is 7.55. The number of pyridine rings is 1. The molecule has 0 amide bonds. The van der Waals surface area contributed by atoms with E-state index < -0.39 is 30.6 Å². The number of aromatic hydroxyl groups is 1. The molecule has 0 saturated carbocycles. The molecule has 1 fully saturated rings. The van der Waals surface area contributed by atoms with E-state index in [1.165, 1.54) is 0 Å². The molecular weight excluding hydrogens is 384 g/mol. The molecule has 2 aromatic heterocycles. The second-order valence-corrected chi connectivity index (χ2v) is 8.28. The molecule has 0 aliphatic carbocycles. The van der Waals surface area contributed by atoms with Gasteiger partial charge in [0.05, 0.1) is 11.6 Å². The standard InChI is InChI=1S/C23H24N2O5/c1-10-16-9-25(23-22(29)21(28)20(27)12(3)30-23)7-6-14(16)11(2)19-18(10)15-8-13(26)4-5-17(15)24-19/h4-9,12,20-23,26-29H,1-3H3/p+1/t12-,20-,21+,22+,23-/m0/s1. The summed E-state index contributed by atoms with van der Waals surface area (Å²) in [5.74, 6) is 0.212. The molecule has 2 aromatic carbocycles. The molecule has 5 N–H and O–H groups in total. The first-order valence-electron chi connectivity index (χ1n) is 10.1. The fraction of sp³-hybridized carbons (Fsp3) is 0.348. The van der Waals surface area contributed by atoms with Crippen molar-refractivity contribution in [3.8, 4) is 5.75 Å². The van der Waals surface area contributed by atoms with E-state index in [0.717, 1.165) is 43.7 Å². The van der Waals surface area contributed by atoms with Gasteiger partial charge in [0.15, 0.2) is 18.5 Å². The lowest BCUT2D eigenvalue weighted by Crippen LogP contribution is -2.61. The summed E-state index contributed by atoms with van der Waals surface area (Å²) in [6.45, 7) is 5.76. The molecule has 0 unspecified atom stereocenters. The van der Waals surface area contributed by atoms with Gasteiger partial charge in [-0.05, 0) is 55.5 Å². The number of hydrogen-bond donors (Lipinski definition) is 5. The van der Waals surface area contributed by atoms with Crippen LogP contribution in [0.5, 0.6) is 5.75 Å². The Morgan fingerprint density at radius 2 is 1.70 bits per heavy atom. The van der Waals surface area contributed by atoms with Crippen LogP contribution in [0.4, 0.5) is 0 Å². The maximum atomic E-state index is 10.5. The molecule has 0 radical (unpaired) electrons. The normalized spacial score (nSPS) is 27.3. The van der Waals surface area contributed by atoms with Crippen molar-refractivity contribution in [2.24, 2.45) is 0 Å². The van der Waals surface area contributed by atoms with Crippen LogP contribution in [0.1, 0.15) is 24.3 Å². The van der Waals surface area contributed by atoms with Gasteiger partial charge in [0, 0.05) is 27.7 Å². The molecule has 7 nitrogen and oxygen atoms in total. The lowest BCUT2D eigenvalue weighted by molar-refractivity contribution is -0.776. The minimum absolute atomic E-state index is 0.212. The summed E-state index contributed by atoms with van der Waals surface area (Å²) in [4.78, 5) is 3.46. The number of ether oxygens (including phenoxy) is 1. The lowest BCUT2D eigenvalue weighted by atomic mass is 9.96. The minimum Gasteiger partial charge on any atom is -0.508 e. The molecule has 1 saturated heterocycles. The predicted molar refractivity (Wildman–Crippen MR) is 112 cm³/mol. The van der Waals surface area contributed by atoms with Gasteiger partial charge in [-0.15, -0.1) is 0 Å². The Bertz CT molecular complexity index is 1300. The number of aliphatic hydroxyl groups is 3. The van der Waals surface area contributed by atoms with Crippen LogP contribution in [-0.2, 0) is 4.74 Å². The van der Waals surface area contributed by atoms with Crippen LogP contribution in [0.25, 0.3) is 32.6 Å². The highest BCUT2D eigenvalue weighted by atomic mass is 16.5. The number of aromatic nitrogens is 2. The van der Waals surface area contributed by atoms with Crippen molar-refractivity contribution >= 4 is 32.6 Å². The first kappa shape index (κ1) is 19.3. The molecular formula is C23H25N2O5+. The predicted octanol–water partition coefficient (Wildman–Crippen LogP) is 2.08. The first-order valence-corrected chi connectivity index (χ1v) is 10.1. The van der Waals surface area contributed by atoms with Gasteiger partial charge in [-0.3, -0.25) is 0 Å². The zero-order valence-corrected chi connectivity index (χ0v) is 17.0. The second-order valence-electron chi connectivity index (χ2n) is 8.28. The number of aliphatic hydroxyl groups excluding tert-OH is 3. The number of phenols is 1. The maximum absolute atomic E-state index is 10.5. The Hall–Kier alpha value is -2.71. The fourth-order valence-corrected chi connectivity index (χ4v) is 4.69. The molecule has 1 aliphatic rings. The van der Waals surface area contributed by atoms with Crippen LogP contribution in [0, 0.1) is 13.8 Å². The Morgan fingerprint density at radius 1 is 0.933 bits per heavy atom. The van der Waals surface area contributed by atoms with E-state index in [2.05, 4.69) is 11.9 Å². The van der Waals surface area contributed by atoms with Gasteiger partial charge in [-0.1, -0.05) is 0 Å². The van der Waals surface area contributed by atoms with Crippen LogP contribution < -0.4 is 4.57 Å². The molecule has 30 heavy (non-hydrogen) atoms. The topological polar surface area (TPSA) is 110 Å². The van der Waals surface area contributed by atoms with Crippen molar-refractivity contribution in [1.82, 2.24) is 4.98 Å². The van der Waals surface area contributed by atoms with E-state index in [0.29, 0.717) is 0 Å². The van der Waals surface area contributed by atoms with Gasteiger partial charge in [0.25, 0.3) is 6.23 Å². The molecule has 5 rings (SSSR count). The third-order valence-electron chi connectivity index (χ3n) is 6.44. The highest BCUT2D eigenvalue weighted by Crippen LogP contribution is 2.37. The zero-order chi connectivity index (χ0) is 21.3. The number of benzene rings is 2. The average molecular weight is 409 g/mol. The van der Waals surface area contributed by atoms with Crippen LogP contribution in [-0.4, -0.2) is 49.8 Å². The Labute approximate surface area is 172 Å². The number of H-pyrrole nitrogens is 1. The van der Waals surface area contributed by atoms with Gasteiger partial charge in [0.2, 0.25) is 0 Å². The minimum atomic E-state index is -1.29. The second kappa shape index (κ2) is 6.65. The van der Waals surface area contributed by atoms with E-state index in [-0.39, 0.29) is 5.75 Å². The zero-order valence-electron chi connectivity index (χ0n) is 17.0. The number of hydrogen-bond acceptors (Lipinski definition) is 5. The third kappa shape index (κ3) is 2.63.